The predicted octanol–water partition coefficient (Wildman–Crippen LogP) is 4.81. The lowest BCUT2D eigenvalue weighted by Crippen LogP contribution is -2.53. The van der Waals surface area contributed by atoms with Gasteiger partial charge < -0.3 is 15.0 Å². The minimum atomic E-state index is -4.00. The number of amides is 2. The van der Waals surface area contributed by atoms with Crippen LogP contribution in [0.4, 0.5) is 10.1 Å². The standard InChI is InChI=1S/C30H35ClFN3O5S/c1-4-5-16-33-30(37)28(18-22-10-7-6-8-11-22)34(20-23-12-9-13-25(17-23)40-2)29(36)21-35(41(3,38)39)24-14-15-27(32)26(31)19-24/h6-15,17,19,28H,4-5,16,18,20-21H2,1-3H3,(H,33,37). The zero-order chi connectivity index (χ0) is 30.0. The zero-order valence-corrected chi connectivity index (χ0v) is 24.9. The molecule has 8 nitrogen and oxygen atoms in total. The maximum absolute atomic E-state index is 14.1. The molecule has 0 fully saturated rings. The van der Waals surface area contributed by atoms with E-state index in [0.717, 1.165) is 41.1 Å². The second-order valence-electron chi connectivity index (χ2n) is 9.59. The summed E-state index contributed by atoms with van der Waals surface area (Å²) < 4.78 is 45.7. The molecule has 1 atom stereocenters. The molecule has 1 N–H and O–H groups in total. The number of hydrogen-bond acceptors (Lipinski definition) is 5. The lowest BCUT2D eigenvalue weighted by molar-refractivity contribution is -0.140. The van der Waals surface area contributed by atoms with Gasteiger partial charge in [0, 0.05) is 19.5 Å². The number of carbonyl (C=O) groups excluding carboxylic acids is 2. The average molecular weight is 604 g/mol. The van der Waals surface area contributed by atoms with Crippen molar-refractivity contribution in [3.63, 3.8) is 0 Å². The summed E-state index contributed by atoms with van der Waals surface area (Å²) in [4.78, 5) is 29.0. The number of nitrogens with zero attached hydrogens (tertiary/aromatic N) is 2. The number of methoxy groups -OCH3 is 1. The first-order valence-electron chi connectivity index (χ1n) is 13.2. The molecule has 220 valence electrons. The molecular weight excluding hydrogens is 569 g/mol. The summed E-state index contributed by atoms with van der Waals surface area (Å²) in [5.74, 6) is -1.12. The highest BCUT2D eigenvalue weighted by molar-refractivity contribution is 7.92. The fourth-order valence-electron chi connectivity index (χ4n) is 4.28. The van der Waals surface area contributed by atoms with E-state index in [1.54, 1.807) is 24.3 Å². The van der Waals surface area contributed by atoms with Crippen LogP contribution in [0.25, 0.3) is 0 Å². The average Bonchev–Trinajstić information content (AvgIpc) is 2.95. The Morgan fingerprint density at radius 2 is 1.73 bits per heavy atom. The number of nitrogens with one attached hydrogen (secondary N) is 1. The van der Waals surface area contributed by atoms with E-state index in [1.807, 2.05) is 37.3 Å². The topological polar surface area (TPSA) is 96.0 Å². The zero-order valence-electron chi connectivity index (χ0n) is 23.3. The van der Waals surface area contributed by atoms with E-state index >= 15 is 0 Å². The summed E-state index contributed by atoms with van der Waals surface area (Å²) in [6.45, 7) is 1.83. The maximum atomic E-state index is 14.1. The summed E-state index contributed by atoms with van der Waals surface area (Å²) in [7, 11) is -2.47. The van der Waals surface area contributed by atoms with Gasteiger partial charge in [0.1, 0.15) is 24.2 Å². The van der Waals surface area contributed by atoms with Crippen LogP contribution < -0.4 is 14.4 Å². The molecule has 2 amide bonds. The molecule has 1 unspecified atom stereocenters. The Morgan fingerprint density at radius 1 is 1.02 bits per heavy atom. The number of sulfonamides is 1. The highest BCUT2D eigenvalue weighted by atomic mass is 35.5. The van der Waals surface area contributed by atoms with Gasteiger partial charge in [0.25, 0.3) is 0 Å². The van der Waals surface area contributed by atoms with Crippen molar-refractivity contribution in [1.82, 2.24) is 10.2 Å². The molecule has 11 heteroatoms. The molecule has 3 aromatic rings. The van der Waals surface area contributed by atoms with Gasteiger partial charge in [-0.15, -0.1) is 0 Å². The third kappa shape index (κ3) is 9.19. The van der Waals surface area contributed by atoms with E-state index in [9.17, 15) is 22.4 Å². The number of carbonyl (C=O) groups is 2. The van der Waals surface area contributed by atoms with Crippen molar-refractivity contribution >= 4 is 39.1 Å². The van der Waals surface area contributed by atoms with Crippen molar-refractivity contribution in [3.05, 3.63) is 94.8 Å². The summed E-state index contributed by atoms with van der Waals surface area (Å²) >= 11 is 5.93. The van der Waals surface area contributed by atoms with Crippen LogP contribution in [0.5, 0.6) is 5.75 Å². The lowest BCUT2D eigenvalue weighted by atomic mass is 10.0. The Balaban J connectivity index is 2.06. The van der Waals surface area contributed by atoms with Crippen LogP contribution >= 0.6 is 11.6 Å². The molecule has 3 aromatic carbocycles. The van der Waals surface area contributed by atoms with Gasteiger partial charge in [-0.1, -0.05) is 67.4 Å². The molecule has 0 heterocycles. The molecule has 0 spiro atoms. The van der Waals surface area contributed by atoms with Crippen molar-refractivity contribution in [1.29, 1.82) is 0 Å². The van der Waals surface area contributed by atoms with E-state index < -0.39 is 34.3 Å². The first kappa shape index (κ1) is 31.9. The van der Waals surface area contributed by atoms with E-state index in [1.165, 1.54) is 18.1 Å². The number of ether oxygens (including phenoxy) is 1. The quantitative estimate of drug-likeness (QED) is 0.267. The Bertz CT molecular complexity index is 1440. The molecular formula is C30H35ClFN3O5S. The van der Waals surface area contributed by atoms with Crippen molar-refractivity contribution in [2.75, 3.05) is 30.8 Å². The first-order valence-corrected chi connectivity index (χ1v) is 15.4. The number of rotatable bonds is 14. The molecule has 0 aliphatic carbocycles. The van der Waals surface area contributed by atoms with Crippen LogP contribution in [0.1, 0.15) is 30.9 Å². The molecule has 0 saturated heterocycles. The third-order valence-corrected chi connectivity index (χ3v) is 7.89. The highest BCUT2D eigenvalue weighted by Crippen LogP contribution is 2.25. The van der Waals surface area contributed by atoms with Gasteiger partial charge in [-0.2, -0.15) is 0 Å². The van der Waals surface area contributed by atoms with Crippen LogP contribution in [0.15, 0.2) is 72.8 Å². The molecule has 0 radical (unpaired) electrons. The molecule has 0 bridgehead atoms. The number of anilines is 1. The monoisotopic (exact) mass is 603 g/mol. The van der Waals surface area contributed by atoms with Crippen LogP contribution in [0, 0.1) is 5.82 Å². The summed E-state index contributed by atoms with van der Waals surface area (Å²) in [6.07, 6.45) is 2.79. The smallest absolute Gasteiger partial charge is 0.244 e. The molecule has 0 saturated carbocycles. The second-order valence-corrected chi connectivity index (χ2v) is 11.9. The van der Waals surface area contributed by atoms with Gasteiger partial charge in [-0.25, -0.2) is 12.8 Å². The Hall–Kier alpha value is -3.63. The molecule has 0 aliphatic rings. The summed E-state index contributed by atoms with van der Waals surface area (Å²) in [6, 6.07) is 18.8. The maximum Gasteiger partial charge on any atom is 0.244 e. The Labute approximate surface area is 246 Å². The van der Waals surface area contributed by atoms with E-state index in [2.05, 4.69) is 5.32 Å². The minimum Gasteiger partial charge on any atom is -0.497 e. The minimum absolute atomic E-state index is 0.0104. The Morgan fingerprint density at radius 3 is 2.37 bits per heavy atom. The highest BCUT2D eigenvalue weighted by Gasteiger charge is 2.33. The molecule has 0 aromatic heterocycles. The van der Waals surface area contributed by atoms with Crippen molar-refractivity contribution in [2.45, 2.75) is 38.8 Å². The summed E-state index contributed by atoms with van der Waals surface area (Å²) in [5, 5.41) is 2.64. The van der Waals surface area contributed by atoms with Crippen LogP contribution in [-0.2, 0) is 32.6 Å². The predicted molar refractivity (Wildman–Crippen MR) is 159 cm³/mol. The van der Waals surface area contributed by atoms with Crippen molar-refractivity contribution < 1.29 is 27.1 Å². The van der Waals surface area contributed by atoms with Gasteiger partial charge in [0.15, 0.2) is 0 Å². The number of benzene rings is 3. The first-order chi connectivity index (χ1) is 19.5. The van der Waals surface area contributed by atoms with Crippen LogP contribution in [0.2, 0.25) is 5.02 Å². The largest absolute Gasteiger partial charge is 0.497 e. The van der Waals surface area contributed by atoms with Crippen molar-refractivity contribution in [2.24, 2.45) is 0 Å². The van der Waals surface area contributed by atoms with Gasteiger partial charge in [-0.05, 0) is 47.9 Å². The lowest BCUT2D eigenvalue weighted by Gasteiger charge is -2.33. The number of unbranched alkanes of at least 4 members (excludes halogenated alkanes) is 1. The molecule has 41 heavy (non-hydrogen) atoms. The van der Waals surface area contributed by atoms with E-state index in [-0.39, 0.29) is 29.6 Å². The fraction of sp³-hybridized carbons (Fsp3) is 0.333. The van der Waals surface area contributed by atoms with Crippen LogP contribution in [-0.4, -0.2) is 57.6 Å². The fourth-order valence-corrected chi connectivity index (χ4v) is 5.30. The number of hydrogen-bond donors (Lipinski definition) is 1. The normalized spacial score (nSPS) is 11.9. The van der Waals surface area contributed by atoms with Gasteiger partial charge >= 0.3 is 0 Å². The number of halogens is 2. The third-order valence-electron chi connectivity index (χ3n) is 6.46. The van der Waals surface area contributed by atoms with E-state index in [0.29, 0.717) is 17.9 Å². The van der Waals surface area contributed by atoms with Crippen LogP contribution in [0.3, 0.4) is 0 Å². The molecule has 3 rings (SSSR count). The second kappa shape index (κ2) is 14.8. The van der Waals surface area contributed by atoms with Gasteiger partial charge in [-0.3, -0.25) is 13.9 Å². The summed E-state index contributed by atoms with van der Waals surface area (Å²) in [5.41, 5.74) is 1.55. The van der Waals surface area contributed by atoms with Gasteiger partial charge in [0.05, 0.1) is 24.1 Å². The Kier molecular flexibility index (Phi) is 11.5. The SMILES string of the molecule is CCCCNC(=O)C(Cc1ccccc1)N(Cc1cccc(OC)c1)C(=O)CN(c1ccc(F)c(Cl)c1)S(C)(=O)=O. The molecule has 0 aliphatic heterocycles. The van der Waals surface area contributed by atoms with Crippen molar-refractivity contribution in [3.8, 4) is 5.75 Å². The van der Waals surface area contributed by atoms with Gasteiger partial charge in [0.2, 0.25) is 21.8 Å². The van der Waals surface area contributed by atoms with E-state index in [4.69, 9.17) is 16.3 Å².